The van der Waals surface area contributed by atoms with Crippen LogP contribution in [0.15, 0.2) is 60.7 Å². The molecule has 2 heterocycles. The third kappa shape index (κ3) is 5.99. The highest BCUT2D eigenvalue weighted by Gasteiger charge is 2.37. The quantitative estimate of drug-likeness (QED) is 0.325. The highest BCUT2D eigenvalue weighted by Crippen LogP contribution is 2.33. The second kappa shape index (κ2) is 11.4. The summed E-state index contributed by atoms with van der Waals surface area (Å²) in [5.74, 6) is -1.63. The number of hydrogen-bond donors (Lipinski definition) is 4. The third-order valence-corrected chi connectivity index (χ3v) is 6.74. The number of benzene rings is 2. The van der Waals surface area contributed by atoms with Crippen molar-refractivity contribution in [2.75, 3.05) is 0 Å². The molecule has 0 spiro atoms. The number of likely N-dealkylation sites (tertiary alicyclic amines) is 1. The summed E-state index contributed by atoms with van der Waals surface area (Å²) in [4.78, 5) is 39.0. The number of carboxylic acid groups (broad SMARTS) is 1. The van der Waals surface area contributed by atoms with Crippen molar-refractivity contribution >= 4 is 17.8 Å². The first-order valence-corrected chi connectivity index (χ1v) is 12.7. The molecule has 9 heteroatoms. The van der Waals surface area contributed by atoms with E-state index in [9.17, 15) is 29.7 Å². The number of rotatable bonds is 10. The predicted molar refractivity (Wildman–Crippen MR) is 141 cm³/mol. The Labute approximate surface area is 221 Å². The molecule has 0 saturated carbocycles. The molecule has 2 amide bonds. The van der Waals surface area contributed by atoms with Crippen molar-refractivity contribution in [1.82, 2.24) is 14.8 Å². The van der Waals surface area contributed by atoms with Gasteiger partial charge in [-0.2, -0.15) is 0 Å². The van der Waals surface area contributed by atoms with Crippen LogP contribution in [0.3, 0.4) is 0 Å². The summed E-state index contributed by atoms with van der Waals surface area (Å²) >= 11 is 0. The van der Waals surface area contributed by atoms with E-state index in [4.69, 9.17) is 0 Å². The van der Waals surface area contributed by atoms with Gasteiger partial charge >= 0.3 is 5.97 Å². The van der Waals surface area contributed by atoms with E-state index in [2.05, 4.69) is 5.32 Å². The number of aromatic hydroxyl groups is 2. The smallest absolute Gasteiger partial charge is 0.326 e. The average molecular weight is 520 g/mol. The van der Waals surface area contributed by atoms with Gasteiger partial charge in [0.2, 0.25) is 17.7 Å². The fraction of sp³-hybridized carbons (Fsp3) is 0.345. The molecule has 9 nitrogen and oxygen atoms in total. The lowest BCUT2D eigenvalue weighted by atomic mass is 10.0. The van der Waals surface area contributed by atoms with E-state index in [1.807, 2.05) is 44.2 Å². The zero-order valence-electron chi connectivity index (χ0n) is 21.5. The number of carboxylic acids is 1. The lowest BCUT2D eigenvalue weighted by Gasteiger charge is -2.26. The summed E-state index contributed by atoms with van der Waals surface area (Å²) < 4.78 is 1.33. The molecule has 1 aliphatic rings. The lowest BCUT2D eigenvalue weighted by Crippen LogP contribution is -2.50. The van der Waals surface area contributed by atoms with Gasteiger partial charge < -0.3 is 25.5 Å². The lowest BCUT2D eigenvalue weighted by molar-refractivity contribution is -0.143. The molecule has 1 saturated heterocycles. The molecule has 1 aromatic heterocycles. The van der Waals surface area contributed by atoms with Gasteiger partial charge in [-0.1, -0.05) is 56.3 Å². The highest BCUT2D eigenvalue weighted by atomic mass is 16.4. The van der Waals surface area contributed by atoms with E-state index in [0.717, 1.165) is 5.56 Å². The second-order valence-corrected chi connectivity index (χ2v) is 10.1. The van der Waals surface area contributed by atoms with Crippen LogP contribution in [0.5, 0.6) is 11.8 Å². The SMILES string of the molecule is CC(C)Cc1cc(O)n(-c2ccc(C[C@H](NC(=O)[C@@H]3CCC(=O)N3Cc3ccccc3)C(=O)O)cc2)c1O. The third-order valence-electron chi connectivity index (χ3n) is 6.74. The van der Waals surface area contributed by atoms with Gasteiger partial charge in [0.15, 0.2) is 5.88 Å². The molecule has 38 heavy (non-hydrogen) atoms. The Kier molecular flexibility index (Phi) is 8.05. The van der Waals surface area contributed by atoms with E-state index in [0.29, 0.717) is 35.6 Å². The Bertz CT molecular complexity index is 1300. The molecule has 1 aliphatic heterocycles. The summed E-state index contributed by atoms with van der Waals surface area (Å²) in [6.45, 7) is 4.33. The first kappa shape index (κ1) is 26.8. The molecule has 0 aliphatic carbocycles. The Hall–Kier alpha value is -4.27. The number of hydrogen-bond acceptors (Lipinski definition) is 5. The van der Waals surface area contributed by atoms with Gasteiger partial charge in [-0.25, -0.2) is 4.79 Å². The first-order valence-electron chi connectivity index (χ1n) is 12.7. The number of nitrogens with one attached hydrogen (secondary N) is 1. The molecule has 0 bridgehead atoms. The second-order valence-electron chi connectivity index (χ2n) is 10.1. The van der Waals surface area contributed by atoms with Crippen molar-refractivity contribution in [1.29, 1.82) is 0 Å². The Balaban J connectivity index is 1.44. The van der Waals surface area contributed by atoms with Crippen molar-refractivity contribution in [2.45, 2.75) is 58.2 Å². The fourth-order valence-corrected chi connectivity index (χ4v) is 4.85. The minimum Gasteiger partial charge on any atom is -0.494 e. The maximum atomic E-state index is 13.1. The Morgan fingerprint density at radius 2 is 1.68 bits per heavy atom. The minimum atomic E-state index is -1.19. The number of aliphatic carboxylic acids is 1. The van der Waals surface area contributed by atoms with Gasteiger partial charge in [0, 0.05) is 31.0 Å². The normalized spacial score (nSPS) is 16.1. The van der Waals surface area contributed by atoms with Gasteiger partial charge in [-0.05, 0) is 42.0 Å². The van der Waals surface area contributed by atoms with Crippen molar-refractivity contribution in [3.8, 4) is 17.4 Å². The van der Waals surface area contributed by atoms with Crippen molar-refractivity contribution in [3.05, 3.63) is 77.4 Å². The molecule has 2 aromatic carbocycles. The molecule has 200 valence electrons. The largest absolute Gasteiger partial charge is 0.494 e. The average Bonchev–Trinajstić information content (AvgIpc) is 3.37. The zero-order chi connectivity index (χ0) is 27.4. The minimum absolute atomic E-state index is 0.0307. The summed E-state index contributed by atoms with van der Waals surface area (Å²) in [6.07, 6.45) is 1.21. The number of aromatic nitrogens is 1. The standard InChI is InChI=1S/C29H33N3O6/c1-18(2)14-21-16-26(34)32(28(21)36)22-10-8-19(9-11-22)15-23(29(37)38)30-27(35)24-12-13-25(33)31(24)17-20-6-4-3-5-7-20/h3-11,16,18,23-24,34,36H,12-15,17H2,1-2H3,(H,30,35)(H,37,38)/t23-,24-/m0/s1. The van der Waals surface area contributed by atoms with E-state index in [-0.39, 0.29) is 37.1 Å². The number of amides is 2. The van der Waals surface area contributed by atoms with Crippen LogP contribution in [-0.2, 0) is 33.8 Å². The van der Waals surface area contributed by atoms with Crippen LogP contribution in [0.4, 0.5) is 0 Å². The van der Waals surface area contributed by atoms with Crippen LogP contribution in [0.1, 0.15) is 43.4 Å². The maximum absolute atomic E-state index is 13.1. The monoisotopic (exact) mass is 519 g/mol. The van der Waals surface area contributed by atoms with E-state index >= 15 is 0 Å². The van der Waals surface area contributed by atoms with Crippen LogP contribution >= 0.6 is 0 Å². The molecular formula is C29H33N3O6. The van der Waals surface area contributed by atoms with Gasteiger partial charge in [0.25, 0.3) is 0 Å². The molecule has 0 unspecified atom stereocenters. The molecular weight excluding hydrogens is 486 g/mol. The van der Waals surface area contributed by atoms with Crippen LogP contribution in [-0.4, -0.2) is 54.7 Å². The predicted octanol–water partition coefficient (Wildman–Crippen LogP) is 3.39. The fourth-order valence-electron chi connectivity index (χ4n) is 4.85. The van der Waals surface area contributed by atoms with Crippen LogP contribution < -0.4 is 5.32 Å². The molecule has 4 rings (SSSR count). The molecule has 2 atom stereocenters. The van der Waals surface area contributed by atoms with Crippen LogP contribution in [0.2, 0.25) is 0 Å². The van der Waals surface area contributed by atoms with Crippen molar-refractivity contribution in [3.63, 3.8) is 0 Å². The summed E-state index contributed by atoms with van der Waals surface area (Å²) in [5.41, 5.74) is 2.71. The summed E-state index contributed by atoms with van der Waals surface area (Å²) in [5, 5.41) is 33.3. The topological polar surface area (TPSA) is 132 Å². The number of nitrogens with zero attached hydrogens (tertiary/aromatic N) is 2. The van der Waals surface area contributed by atoms with Crippen LogP contribution in [0, 0.1) is 5.92 Å². The van der Waals surface area contributed by atoms with Crippen molar-refractivity contribution in [2.24, 2.45) is 5.92 Å². The van der Waals surface area contributed by atoms with E-state index in [1.165, 1.54) is 15.5 Å². The number of carbonyl (C=O) groups is 3. The highest BCUT2D eigenvalue weighted by molar-refractivity contribution is 5.93. The Morgan fingerprint density at radius 1 is 1.00 bits per heavy atom. The first-order chi connectivity index (χ1) is 18.1. The molecule has 0 radical (unpaired) electrons. The zero-order valence-corrected chi connectivity index (χ0v) is 21.5. The summed E-state index contributed by atoms with van der Waals surface area (Å²) in [6, 6.07) is 15.7. The number of carbonyl (C=O) groups excluding carboxylic acids is 2. The molecule has 1 fully saturated rings. The van der Waals surface area contributed by atoms with E-state index < -0.39 is 24.0 Å². The Morgan fingerprint density at radius 3 is 2.32 bits per heavy atom. The maximum Gasteiger partial charge on any atom is 0.326 e. The van der Waals surface area contributed by atoms with E-state index in [1.54, 1.807) is 24.3 Å². The van der Waals surface area contributed by atoms with Crippen LogP contribution in [0.25, 0.3) is 5.69 Å². The van der Waals surface area contributed by atoms with Crippen molar-refractivity contribution < 1.29 is 29.7 Å². The van der Waals surface area contributed by atoms with Gasteiger partial charge in [-0.15, -0.1) is 0 Å². The van der Waals surface area contributed by atoms with Gasteiger partial charge in [0.1, 0.15) is 12.1 Å². The summed E-state index contributed by atoms with van der Waals surface area (Å²) in [7, 11) is 0. The molecule has 3 aromatic rings. The van der Waals surface area contributed by atoms with Gasteiger partial charge in [-0.3, -0.25) is 14.2 Å². The molecule has 4 N–H and O–H groups in total. The van der Waals surface area contributed by atoms with Gasteiger partial charge in [0.05, 0.1) is 5.69 Å².